The zero-order valence-corrected chi connectivity index (χ0v) is 20.3. The maximum Gasteiger partial charge on any atom is 1.00 e. The Labute approximate surface area is 202 Å². The number of aryl methyl sites for hydroxylation is 2. The van der Waals surface area contributed by atoms with Gasteiger partial charge < -0.3 is 34.2 Å². The Morgan fingerprint density at radius 2 is 1.84 bits per heavy atom. The van der Waals surface area contributed by atoms with Crippen LogP contribution in [0.4, 0.5) is 0 Å². The van der Waals surface area contributed by atoms with Crippen molar-refractivity contribution in [1.29, 1.82) is 0 Å². The molecule has 1 unspecified atom stereocenters. The minimum atomic E-state index is -5.31. The van der Waals surface area contributed by atoms with Gasteiger partial charge in [-0.25, -0.2) is 9.78 Å². The average molecular weight is 478 g/mol. The van der Waals surface area contributed by atoms with Gasteiger partial charge in [-0.1, -0.05) is 0 Å². The van der Waals surface area contributed by atoms with Crippen LogP contribution in [-0.4, -0.2) is 64.7 Å². The van der Waals surface area contributed by atoms with Gasteiger partial charge in [0.25, 0.3) is 13.4 Å². The van der Waals surface area contributed by atoms with Crippen LogP contribution in [0, 0.1) is 13.8 Å². The third-order valence-corrected chi connectivity index (χ3v) is 5.35. The summed E-state index contributed by atoms with van der Waals surface area (Å²) in [5.41, 5.74) is 0.466. The number of aromatic nitrogens is 4. The first-order valence-electron chi connectivity index (χ1n) is 9.02. The van der Waals surface area contributed by atoms with E-state index in [2.05, 4.69) is 14.5 Å². The standard InChI is InChI=1S/C17H21N4O9P.Na/c1-7-3-9-10(4-8(7)2)21(15-13(18-9)16(25)20-17(26)19-15)5-11(23)14(24)12(6-22)30-31(27,28)29;/h3-4,11-12,14,22-24H,5-6H2,1-2H3,(H,20,25,26)(H2,27,28,29);/q;+1/p-1/t11-,12+,14-;/m0./s1. The van der Waals surface area contributed by atoms with Crippen LogP contribution in [0.5, 0.6) is 0 Å². The molecule has 168 valence electrons. The first-order chi connectivity index (χ1) is 14.4. The first kappa shape index (κ1) is 26.7. The van der Waals surface area contributed by atoms with Crippen LogP contribution in [0.25, 0.3) is 22.6 Å². The molecule has 2 heterocycles. The summed E-state index contributed by atoms with van der Waals surface area (Å²) >= 11 is 0. The van der Waals surface area contributed by atoms with Crippen molar-refractivity contribution in [3.63, 3.8) is 0 Å². The molecule has 0 radical (unpaired) electrons. The number of nitrogens with zero attached hydrogens (tertiary/aromatic N) is 3. The zero-order chi connectivity index (χ0) is 23.1. The number of fused-ring (bicyclic) bond motifs is 2. The molecule has 2 aliphatic rings. The molecule has 0 aromatic heterocycles. The van der Waals surface area contributed by atoms with Crippen molar-refractivity contribution in [2.75, 3.05) is 6.61 Å². The summed E-state index contributed by atoms with van der Waals surface area (Å²) in [6.07, 6.45) is -5.59. The summed E-state index contributed by atoms with van der Waals surface area (Å²) in [6, 6.07) is 3.37. The summed E-state index contributed by atoms with van der Waals surface area (Å²) in [7, 11) is -5.31. The van der Waals surface area contributed by atoms with Gasteiger partial charge in [0.1, 0.15) is 18.3 Å². The van der Waals surface area contributed by atoms with E-state index in [-0.39, 0.29) is 41.1 Å². The van der Waals surface area contributed by atoms with E-state index < -0.39 is 50.5 Å². The van der Waals surface area contributed by atoms with E-state index in [4.69, 9.17) is 4.89 Å². The van der Waals surface area contributed by atoms with Crippen molar-refractivity contribution in [2.24, 2.45) is 0 Å². The minimum Gasteiger partial charge on any atom is -0.756 e. The molecule has 3 rings (SSSR count). The molecular formula is C17H20N4NaO9P. The molecule has 0 saturated carbocycles. The molecule has 0 aliphatic carbocycles. The third-order valence-electron chi connectivity index (χ3n) is 4.82. The molecule has 0 bridgehead atoms. The second-order valence-corrected chi connectivity index (χ2v) is 8.19. The molecule has 4 atom stereocenters. The second-order valence-electron chi connectivity index (χ2n) is 7.04. The predicted molar refractivity (Wildman–Crippen MR) is 104 cm³/mol. The number of phosphoric ester groups is 1. The van der Waals surface area contributed by atoms with E-state index >= 15 is 0 Å². The van der Waals surface area contributed by atoms with E-state index in [0.29, 0.717) is 11.0 Å². The van der Waals surface area contributed by atoms with Gasteiger partial charge in [-0.2, -0.15) is 4.98 Å². The van der Waals surface area contributed by atoms with Gasteiger partial charge in [-0.15, -0.1) is 0 Å². The number of aromatic amines is 1. The molecule has 1 aromatic carbocycles. The largest absolute Gasteiger partial charge is 1.00 e. The Hall–Kier alpha value is -1.51. The summed E-state index contributed by atoms with van der Waals surface area (Å²) in [5, 5.41) is 30.0. The molecular weight excluding hydrogens is 458 g/mol. The fourth-order valence-electron chi connectivity index (χ4n) is 3.15. The molecule has 1 aromatic rings. The predicted octanol–water partition coefficient (Wildman–Crippen LogP) is -5.23. The summed E-state index contributed by atoms with van der Waals surface area (Å²) < 4.78 is 16.4. The van der Waals surface area contributed by atoms with E-state index in [9.17, 15) is 34.4 Å². The van der Waals surface area contributed by atoms with Crippen LogP contribution in [0.3, 0.4) is 0 Å². The number of benzene rings is 1. The van der Waals surface area contributed by atoms with E-state index in [1.807, 2.05) is 18.8 Å². The van der Waals surface area contributed by atoms with Crippen LogP contribution in [0.2, 0.25) is 0 Å². The van der Waals surface area contributed by atoms with Crippen molar-refractivity contribution in [1.82, 2.24) is 19.5 Å². The van der Waals surface area contributed by atoms with Crippen molar-refractivity contribution in [3.05, 3.63) is 44.1 Å². The van der Waals surface area contributed by atoms with Crippen molar-refractivity contribution in [2.45, 2.75) is 38.7 Å². The molecule has 13 nitrogen and oxygen atoms in total. The van der Waals surface area contributed by atoms with Gasteiger partial charge in [0.2, 0.25) is 0 Å². The monoisotopic (exact) mass is 478 g/mol. The molecule has 5 N–H and O–H groups in total. The quantitative estimate of drug-likeness (QED) is 0.123. The maximum atomic E-state index is 12.2. The van der Waals surface area contributed by atoms with Gasteiger partial charge in [-0.05, 0) is 37.1 Å². The van der Waals surface area contributed by atoms with Crippen LogP contribution >= 0.6 is 7.82 Å². The SMILES string of the molecule is Cc1cc2nc3c(=O)[nH]c(=O)nc-3n(C[C@H](O)[C@H](O)[C@@H](CO)OP(=O)([O-])O)c2cc1C.[Na+]. The Balaban J connectivity index is 0.00000363. The molecule has 0 fully saturated rings. The number of H-pyrrole nitrogens is 1. The Kier molecular flexibility index (Phi) is 8.51. The zero-order valence-electron chi connectivity index (χ0n) is 17.4. The smallest absolute Gasteiger partial charge is 0.756 e. The normalized spacial score (nSPS) is 16.3. The molecule has 0 spiro atoms. The van der Waals surface area contributed by atoms with E-state index in [1.54, 1.807) is 12.1 Å². The molecule has 0 saturated heterocycles. The van der Waals surface area contributed by atoms with Gasteiger partial charge in [-0.3, -0.25) is 14.3 Å². The number of aliphatic hydroxyl groups excluding tert-OH is 3. The van der Waals surface area contributed by atoms with Crippen LogP contribution in [0.15, 0.2) is 21.7 Å². The van der Waals surface area contributed by atoms with Gasteiger partial charge >= 0.3 is 35.2 Å². The maximum absolute atomic E-state index is 12.2. The second kappa shape index (κ2) is 10.2. The molecule has 15 heteroatoms. The van der Waals surface area contributed by atoms with Crippen LogP contribution in [0.1, 0.15) is 11.1 Å². The third kappa shape index (κ3) is 5.69. The van der Waals surface area contributed by atoms with Crippen molar-refractivity contribution >= 4 is 18.9 Å². The molecule has 0 amide bonds. The van der Waals surface area contributed by atoms with Gasteiger partial charge in [0, 0.05) is 0 Å². The fraction of sp³-hybridized carbons (Fsp3) is 0.412. The van der Waals surface area contributed by atoms with Crippen LogP contribution < -0.4 is 45.7 Å². The topological polar surface area (TPSA) is 211 Å². The first-order valence-corrected chi connectivity index (χ1v) is 10.5. The Morgan fingerprint density at radius 1 is 1.22 bits per heavy atom. The summed E-state index contributed by atoms with van der Waals surface area (Å²) in [5.74, 6) is -0.172. The van der Waals surface area contributed by atoms with Crippen molar-refractivity contribution in [3.8, 4) is 11.5 Å². The summed E-state index contributed by atoms with van der Waals surface area (Å²) in [6.45, 7) is 2.12. The van der Waals surface area contributed by atoms with Gasteiger partial charge in [0.05, 0.1) is 24.2 Å². The number of phosphoric acid groups is 1. The number of hydrogen-bond donors (Lipinski definition) is 5. The molecule has 32 heavy (non-hydrogen) atoms. The fourth-order valence-corrected chi connectivity index (χ4v) is 3.69. The number of nitrogens with one attached hydrogen (secondary N) is 1. The molecule has 2 aliphatic heterocycles. The Morgan fingerprint density at radius 3 is 2.44 bits per heavy atom. The number of rotatable bonds is 7. The van der Waals surface area contributed by atoms with Crippen LogP contribution in [-0.2, 0) is 15.6 Å². The van der Waals surface area contributed by atoms with E-state index in [0.717, 1.165) is 11.1 Å². The minimum absolute atomic E-state index is 0. The number of aliphatic hydroxyl groups is 3. The van der Waals surface area contributed by atoms with E-state index in [1.165, 1.54) is 4.57 Å². The Bertz CT molecular complexity index is 1260. The van der Waals surface area contributed by atoms with Crippen molar-refractivity contribution < 1.29 is 63.8 Å². The average Bonchev–Trinajstić information content (AvgIpc) is 2.66. The number of hydrogen-bond acceptors (Lipinski definition) is 10. The van der Waals surface area contributed by atoms with Gasteiger partial charge in [0.15, 0.2) is 11.5 Å². The summed E-state index contributed by atoms with van der Waals surface area (Å²) in [4.78, 5) is 53.8.